The van der Waals surface area contributed by atoms with Gasteiger partial charge < -0.3 is 25.6 Å². The summed E-state index contributed by atoms with van der Waals surface area (Å²) < 4.78 is 5.29. The van der Waals surface area contributed by atoms with Crippen LogP contribution in [0, 0.1) is 5.41 Å². The molecular weight excluding hydrogens is 378 g/mol. The number of aliphatic imine (C=N–C) groups is 1. The number of likely N-dealkylation sites (N-methyl/N-ethyl adjacent to an activating group) is 1. The van der Waals surface area contributed by atoms with Crippen molar-refractivity contribution >= 4 is 11.9 Å². The number of methoxy groups -OCH3 is 1. The molecule has 0 spiro atoms. The number of hydrogen-bond acceptors (Lipinski definition) is 4. The minimum Gasteiger partial charge on any atom is -0.385 e. The van der Waals surface area contributed by atoms with Gasteiger partial charge >= 0.3 is 0 Å². The number of amides is 1. The minimum absolute atomic E-state index is 0.0437. The molecule has 30 heavy (non-hydrogen) atoms. The van der Waals surface area contributed by atoms with Gasteiger partial charge in [0.15, 0.2) is 5.96 Å². The molecule has 0 radical (unpaired) electrons. The maximum Gasteiger partial charge on any atom is 0.251 e. The number of nitrogens with zero attached hydrogens (tertiary/aromatic N) is 2. The fourth-order valence-electron chi connectivity index (χ4n) is 3.60. The number of benzene rings is 1. The molecule has 7 heteroatoms. The van der Waals surface area contributed by atoms with Crippen LogP contribution < -0.4 is 16.0 Å². The Morgan fingerprint density at radius 1 is 1.23 bits per heavy atom. The van der Waals surface area contributed by atoms with E-state index in [0.717, 1.165) is 44.2 Å². The van der Waals surface area contributed by atoms with Gasteiger partial charge in [0.1, 0.15) is 0 Å². The largest absolute Gasteiger partial charge is 0.385 e. The Morgan fingerprint density at radius 3 is 2.67 bits per heavy atom. The molecule has 0 bridgehead atoms. The highest BCUT2D eigenvalue weighted by Gasteiger charge is 2.36. The van der Waals surface area contributed by atoms with Gasteiger partial charge in [-0.05, 0) is 63.4 Å². The number of ether oxygens (including phenoxy) is 1. The average molecular weight is 418 g/mol. The Balaban J connectivity index is 1.93. The molecule has 0 heterocycles. The van der Waals surface area contributed by atoms with Gasteiger partial charge in [-0.1, -0.05) is 18.6 Å². The van der Waals surface area contributed by atoms with Crippen LogP contribution in [-0.4, -0.2) is 70.8 Å². The number of carbonyl (C=O) groups is 1. The average Bonchev–Trinajstić information content (AvgIpc) is 2.70. The van der Waals surface area contributed by atoms with Crippen molar-refractivity contribution in [1.29, 1.82) is 0 Å². The van der Waals surface area contributed by atoms with E-state index in [0.29, 0.717) is 24.1 Å². The molecule has 1 fully saturated rings. The van der Waals surface area contributed by atoms with Crippen molar-refractivity contribution in [1.82, 2.24) is 20.9 Å². The van der Waals surface area contributed by atoms with Gasteiger partial charge in [-0.3, -0.25) is 4.79 Å². The Labute approximate surface area is 181 Å². The lowest BCUT2D eigenvalue weighted by Gasteiger charge is -2.42. The molecule has 0 unspecified atom stereocenters. The third-order valence-electron chi connectivity index (χ3n) is 5.68. The summed E-state index contributed by atoms with van der Waals surface area (Å²) in [5, 5.41) is 9.80. The van der Waals surface area contributed by atoms with E-state index < -0.39 is 0 Å². The zero-order valence-electron chi connectivity index (χ0n) is 19.1. The van der Waals surface area contributed by atoms with Gasteiger partial charge in [-0.2, -0.15) is 0 Å². The van der Waals surface area contributed by atoms with Gasteiger partial charge in [0.25, 0.3) is 5.91 Å². The van der Waals surface area contributed by atoms with Crippen LogP contribution in [-0.2, 0) is 11.3 Å². The third kappa shape index (κ3) is 7.95. The highest BCUT2D eigenvalue weighted by atomic mass is 16.5. The fourth-order valence-corrected chi connectivity index (χ4v) is 3.60. The Bertz CT molecular complexity index is 686. The molecule has 1 aliphatic carbocycles. The standard InChI is InChI=1S/C23H39N5O2/c1-5-24-22(27-18-23(10-7-11-23)12-15-30-4)26-17-19-8-6-9-20(16-19)21(29)25-13-14-28(2)3/h6,8-9,16H,5,7,10-15,17-18H2,1-4H3,(H,25,29)(H2,24,26,27). The molecule has 1 aromatic carbocycles. The van der Waals surface area contributed by atoms with Crippen molar-refractivity contribution in [2.45, 2.75) is 39.2 Å². The molecule has 3 N–H and O–H groups in total. The van der Waals surface area contributed by atoms with E-state index in [1.54, 1.807) is 7.11 Å². The third-order valence-corrected chi connectivity index (χ3v) is 5.68. The zero-order chi connectivity index (χ0) is 21.8. The van der Waals surface area contributed by atoms with E-state index in [1.165, 1.54) is 19.3 Å². The maximum atomic E-state index is 12.4. The summed E-state index contributed by atoms with van der Waals surface area (Å²) in [6.07, 6.45) is 4.87. The lowest BCUT2D eigenvalue weighted by Crippen LogP contribution is -2.46. The van der Waals surface area contributed by atoms with Gasteiger partial charge in [0.2, 0.25) is 0 Å². The molecular formula is C23H39N5O2. The van der Waals surface area contributed by atoms with Crippen molar-refractivity contribution < 1.29 is 9.53 Å². The van der Waals surface area contributed by atoms with Crippen LogP contribution in [0.15, 0.2) is 29.3 Å². The van der Waals surface area contributed by atoms with Crippen LogP contribution >= 0.6 is 0 Å². The normalized spacial score (nSPS) is 15.6. The summed E-state index contributed by atoms with van der Waals surface area (Å²) in [5.41, 5.74) is 2.02. The lowest BCUT2D eigenvalue weighted by molar-refractivity contribution is 0.0732. The molecule has 168 valence electrons. The van der Waals surface area contributed by atoms with E-state index in [2.05, 4.69) is 22.9 Å². The Morgan fingerprint density at radius 2 is 2.03 bits per heavy atom. The Kier molecular flexibility index (Phi) is 10.1. The van der Waals surface area contributed by atoms with Crippen LogP contribution in [0.25, 0.3) is 0 Å². The monoisotopic (exact) mass is 417 g/mol. The Hall–Kier alpha value is -2.12. The van der Waals surface area contributed by atoms with Gasteiger partial charge in [-0.25, -0.2) is 4.99 Å². The highest BCUT2D eigenvalue weighted by Crippen LogP contribution is 2.43. The lowest BCUT2D eigenvalue weighted by atomic mass is 9.67. The summed E-state index contributed by atoms with van der Waals surface area (Å²) in [7, 11) is 5.75. The van der Waals surface area contributed by atoms with Crippen molar-refractivity contribution in [2.75, 3.05) is 54.0 Å². The quantitative estimate of drug-likeness (QED) is 0.359. The maximum absolute atomic E-state index is 12.4. The first-order valence-electron chi connectivity index (χ1n) is 11.0. The first-order valence-corrected chi connectivity index (χ1v) is 11.0. The molecule has 0 aliphatic heterocycles. The molecule has 1 saturated carbocycles. The topological polar surface area (TPSA) is 78.0 Å². The summed E-state index contributed by atoms with van der Waals surface area (Å²) in [6.45, 7) is 6.58. The first-order chi connectivity index (χ1) is 14.5. The molecule has 1 aromatic rings. The number of hydrogen-bond donors (Lipinski definition) is 3. The summed E-state index contributed by atoms with van der Waals surface area (Å²) in [5.74, 6) is 0.778. The first kappa shape index (κ1) is 24.2. The van der Waals surface area contributed by atoms with E-state index in [9.17, 15) is 4.79 Å². The van der Waals surface area contributed by atoms with Crippen LogP contribution in [0.3, 0.4) is 0 Å². The number of nitrogens with one attached hydrogen (secondary N) is 3. The second-order valence-corrected chi connectivity index (χ2v) is 8.40. The smallest absolute Gasteiger partial charge is 0.251 e. The van der Waals surface area contributed by atoms with Crippen molar-refractivity contribution in [3.05, 3.63) is 35.4 Å². The SMILES string of the molecule is CCNC(=NCc1cccc(C(=O)NCCN(C)C)c1)NCC1(CCOC)CCC1. The molecule has 1 aliphatic rings. The van der Waals surface area contributed by atoms with E-state index in [4.69, 9.17) is 9.73 Å². The summed E-state index contributed by atoms with van der Waals surface area (Å²) in [6, 6.07) is 7.69. The van der Waals surface area contributed by atoms with Crippen molar-refractivity contribution in [2.24, 2.45) is 10.4 Å². The number of guanidine groups is 1. The number of carbonyl (C=O) groups excluding carboxylic acids is 1. The van der Waals surface area contributed by atoms with Crippen molar-refractivity contribution in [3.8, 4) is 0 Å². The number of rotatable bonds is 12. The molecule has 0 saturated heterocycles. The second kappa shape index (κ2) is 12.5. The van der Waals surface area contributed by atoms with E-state index in [1.807, 2.05) is 43.3 Å². The van der Waals surface area contributed by atoms with Crippen LogP contribution in [0.4, 0.5) is 0 Å². The van der Waals surface area contributed by atoms with Gasteiger partial charge in [0, 0.05) is 45.5 Å². The molecule has 7 nitrogen and oxygen atoms in total. The minimum atomic E-state index is -0.0437. The molecule has 0 atom stereocenters. The van der Waals surface area contributed by atoms with Crippen LogP contribution in [0.5, 0.6) is 0 Å². The predicted octanol–water partition coefficient (Wildman–Crippen LogP) is 2.24. The molecule has 1 amide bonds. The van der Waals surface area contributed by atoms with Gasteiger partial charge in [0.05, 0.1) is 6.54 Å². The highest BCUT2D eigenvalue weighted by molar-refractivity contribution is 5.94. The van der Waals surface area contributed by atoms with Crippen LogP contribution in [0.2, 0.25) is 0 Å². The summed E-state index contributed by atoms with van der Waals surface area (Å²) >= 11 is 0. The second-order valence-electron chi connectivity index (χ2n) is 8.40. The zero-order valence-corrected chi connectivity index (χ0v) is 19.1. The molecule has 0 aromatic heterocycles. The predicted molar refractivity (Wildman–Crippen MR) is 123 cm³/mol. The van der Waals surface area contributed by atoms with E-state index in [-0.39, 0.29) is 5.91 Å². The van der Waals surface area contributed by atoms with Crippen LogP contribution in [0.1, 0.15) is 48.5 Å². The van der Waals surface area contributed by atoms with Gasteiger partial charge in [-0.15, -0.1) is 0 Å². The van der Waals surface area contributed by atoms with E-state index >= 15 is 0 Å². The summed E-state index contributed by atoms with van der Waals surface area (Å²) in [4.78, 5) is 19.1. The fraction of sp³-hybridized carbons (Fsp3) is 0.652. The molecule has 2 rings (SSSR count). The van der Waals surface area contributed by atoms with Crippen molar-refractivity contribution in [3.63, 3.8) is 0 Å².